The largest absolute Gasteiger partial charge is 0.378 e. The van der Waals surface area contributed by atoms with Crippen molar-refractivity contribution < 1.29 is 14.3 Å². The number of carbonyl (C=O) groups excluding carboxylic acids is 2. The SMILES string of the molecule is CC1OCCC1C(=O)Nc1ccc(C=O)cc1. The summed E-state index contributed by atoms with van der Waals surface area (Å²) in [5.74, 6) is -0.102. The monoisotopic (exact) mass is 233 g/mol. The van der Waals surface area contributed by atoms with E-state index >= 15 is 0 Å². The minimum atomic E-state index is -0.0826. The molecule has 0 spiro atoms. The van der Waals surface area contributed by atoms with Crippen molar-refractivity contribution in [1.82, 2.24) is 0 Å². The first-order valence-electron chi connectivity index (χ1n) is 5.68. The molecule has 1 aliphatic rings. The van der Waals surface area contributed by atoms with Crippen LogP contribution in [0, 0.1) is 5.92 Å². The third-order valence-corrected chi connectivity index (χ3v) is 3.03. The van der Waals surface area contributed by atoms with Crippen molar-refractivity contribution in [3.05, 3.63) is 29.8 Å². The Hall–Kier alpha value is -1.68. The molecule has 2 unspecified atom stereocenters. The van der Waals surface area contributed by atoms with E-state index in [1.54, 1.807) is 24.3 Å². The number of rotatable bonds is 3. The van der Waals surface area contributed by atoms with Crippen LogP contribution >= 0.6 is 0 Å². The molecule has 1 heterocycles. The highest BCUT2D eigenvalue weighted by molar-refractivity contribution is 5.93. The summed E-state index contributed by atoms with van der Waals surface area (Å²) >= 11 is 0. The Bertz CT molecular complexity index is 413. The summed E-state index contributed by atoms with van der Waals surface area (Å²) in [5.41, 5.74) is 1.31. The molecule has 1 aromatic rings. The predicted molar refractivity (Wildman–Crippen MR) is 64.0 cm³/mol. The van der Waals surface area contributed by atoms with Crippen LogP contribution in [-0.2, 0) is 9.53 Å². The van der Waals surface area contributed by atoms with Gasteiger partial charge in [0.25, 0.3) is 0 Å². The van der Waals surface area contributed by atoms with Crippen LogP contribution in [0.1, 0.15) is 23.7 Å². The van der Waals surface area contributed by atoms with Crippen molar-refractivity contribution in [3.63, 3.8) is 0 Å². The lowest BCUT2D eigenvalue weighted by atomic mass is 10.0. The number of benzene rings is 1. The second kappa shape index (κ2) is 5.10. The molecule has 2 rings (SSSR count). The zero-order valence-electron chi connectivity index (χ0n) is 9.68. The summed E-state index contributed by atoms with van der Waals surface area (Å²) in [7, 11) is 0. The lowest BCUT2D eigenvalue weighted by Gasteiger charge is -2.13. The molecule has 4 nitrogen and oxygen atoms in total. The molecule has 1 N–H and O–H groups in total. The van der Waals surface area contributed by atoms with Gasteiger partial charge in [-0.25, -0.2) is 0 Å². The molecule has 1 fully saturated rings. The zero-order chi connectivity index (χ0) is 12.3. The third-order valence-electron chi connectivity index (χ3n) is 3.03. The van der Waals surface area contributed by atoms with Crippen LogP contribution in [0.5, 0.6) is 0 Å². The molecule has 90 valence electrons. The molecular formula is C13H15NO3. The first kappa shape index (κ1) is 11.8. The maximum Gasteiger partial charge on any atom is 0.230 e. The number of hydrogen-bond donors (Lipinski definition) is 1. The van der Waals surface area contributed by atoms with Crippen LogP contribution in [0.15, 0.2) is 24.3 Å². The highest BCUT2D eigenvalue weighted by atomic mass is 16.5. The fourth-order valence-corrected chi connectivity index (χ4v) is 1.96. The number of anilines is 1. The molecule has 0 aliphatic carbocycles. The van der Waals surface area contributed by atoms with Crippen molar-refractivity contribution in [1.29, 1.82) is 0 Å². The standard InChI is InChI=1S/C13H15NO3/c1-9-12(6-7-17-9)13(16)14-11-4-2-10(8-15)3-5-11/h2-5,8-9,12H,6-7H2,1H3,(H,14,16). The maximum atomic E-state index is 11.9. The summed E-state index contributed by atoms with van der Waals surface area (Å²) in [6.45, 7) is 2.55. The Morgan fingerprint density at radius 3 is 2.65 bits per heavy atom. The molecule has 0 bridgehead atoms. The Morgan fingerprint density at radius 1 is 1.41 bits per heavy atom. The Morgan fingerprint density at radius 2 is 2.12 bits per heavy atom. The lowest BCUT2D eigenvalue weighted by Crippen LogP contribution is -2.27. The summed E-state index contributed by atoms with van der Waals surface area (Å²) < 4.78 is 5.35. The molecule has 1 saturated heterocycles. The fraction of sp³-hybridized carbons (Fsp3) is 0.385. The summed E-state index contributed by atoms with van der Waals surface area (Å²) in [4.78, 5) is 22.4. The molecule has 0 saturated carbocycles. The van der Waals surface area contributed by atoms with Crippen molar-refractivity contribution in [2.24, 2.45) is 5.92 Å². The normalized spacial score (nSPS) is 23.4. The van der Waals surface area contributed by atoms with Crippen LogP contribution in [0.3, 0.4) is 0 Å². The van der Waals surface area contributed by atoms with E-state index in [4.69, 9.17) is 4.74 Å². The van der Waals surface area contributed by atoms with Gasteiger partial charge in [0.2, 0.25) is 5.91 Å². The minimum absolute atomic E-state index is 0.0196. The number of hydrogen-bond acceptors (Lipinski definition) is 3. The van der Waals surface area contributed by atoms with Gasteiger partial charge in [-0.2, -0.15) is 0 Å². The first-order valence-corrected chi connectivity index (χ1v) is 5.68. The molecule has 1 aliphatic heterocycles. The van der Waals surface area contributed by atoms with E-state index in [1.165, 1.54) is 0 Å². The van der Waals surface area contributed by atoms with Gasteiger partial charge < -0.3 is 10.1 Å². The fourth-order valence-electron chi connectivity index (χ4n) is 1.96. The van der Waals surface area contributed by atoms with Crippen LogP contribution < -0.4 is 5.32 Å². The van der Waals surface area contributed by atoms with E-state index in [0.29, 0.717) is 17.9 Å². The van der Waals surface area contributed by atoms with Crippen LogP contribution in [0.2, 0.25) is 0 Å². The summed E-state index contributed by atoms with van der Waals surface area (Å²) in [5, 5.41) is 2.83. The van der Waals surface area contributed by atoms with E-state index in [-0.39, 0.29) is 17.9 Å². The molecule has 4 heteroatoms. The number of amides is 1. The van der Waals surface area contributed by atoms with Crippen molar-refractivity contribution in [3.8, 4) is 0 Å². The smallest absolute Gasteiger partial charge is 0.230 e. The molecule has 0 aromatic heterocycles. The van der Waals surface area contributed by atoms with E-state index < -0.39 is 0 Å². The molecule has 17 heavy (non-hydrogen) atoms. The zero-order valence-corrected chi connectivity index (χ0v) is 9.68. The van der Waals surface area contributed by atoms with Crippen molar-refractivity contribution >= 4 is 17.9 Å². The van der Waals surface area contributed by atoms with Crippen LogP contribution in [-0.4, -0.2) is 24.9 Å². The van der Waals surface area contributed by atoms with Gasteiger partial charge in [0.05, 0.1) is 12.0 Å². The van der Waals surface area contributed by atoms with Crippen LogP contribution in [0.25, 0.3) is 0 Å². The van der Waals surface area contributed by atoms with Crippen LogP contribution in [0.4, 0.5) is 5.69 Å². The van der Waals surface area contributed by atoms with Gasteiger partial charge in [0.1, 0.15) is 6.29 Å². The Labute approximate surface area is 100.0 Å². The predicted octanol–water partition coefficient (Wildman–Crippen LogP) is 1.86. The second-order valence-electron chi connectivity index (χ2n) is 4.20. The van der Waals surface area contributed by atoms with Gasteiger partial charge in [0.15, 0.2) is 0 Å². The lowest BCUT2D eigenvalue weighted by molar-refractivity contribution is -0.121. The molecule has 1 amide bonds. The number of aldehydes is 1. The van der Waals surface area contributed by atoms with Gasteiger partial charge in [-0.15, -0.1) is 0 Å². The average Bonchev–Trinajstić information content (AvgIpc) is 2.76. The molecule has 1 aromatic carbocycles. The number of nitrogens with one attached hydrogen (secondary N) is 1. The van der Waals surface area contributed by atoms with E-state index in [1.807, 2.05) is 6.92 Å². The van der Waals surface area contributed by atoms with Gasteiger partial charge >= 0.3 is 0 Å². The topological polar surface area (TPSA) is 55.4 Å². The Kier molecular flexibility index (Phi) is 3.54. The number of ether oxygens (including phenoxy) is 1. The summed E-state index contributed by atoms with van der Waals surface area (Å²) in [6.07, 6.45) is 1.52. The number of carbonyl (C=O) groups is 2. The van der Waals surface area contributed by atoms with E-state index in [0.717, 1.165) is 12.7 Å². The molecule has 2 atom stereocenters. The Balaban J connectivity index is 1.99. The van der Waals surface area contributed by atoms with Gasteiger partial charge in [-0.05, 0) is 37.6 Å². The quantitative estimate of drug-likeness (QED) is 0.811. The van der Waals surface area contributed by atoms with Crippen molar-refractivity contribution in [2.75, 3.05) is 11.9 Å². The van der Waals surface area contributed by atoms with Gasteiger partial charge in [-0.1, -0.05) is 0 Å². The second-order valence-corrected chi connectivity index (χ2v) is 4.20. The average molecular weight is 233 g/mol. The highest BCUT2D eigenvalue weighted by Gasteiger charge is 2.30. The third kappa shape index (κ3) is 2.71. The minimum Gasteiger partial charge on any atom is -0.378 e. The van der Waals surface area contributed by atoms with Crippen molar-refractivity contribution in [2.45, 2.75) is 19.4 Å². The van der Waals surface area contributed by atoms with Gasteiger partial charge in [-0.3, -0.25) is 9.59 Å². The van der Waals surface area contributed by atoms with Gasteiger partial charge in [0, 0.05) is 17.9 Å². The van der Waals surface area contributed by atoms with E-state index in [9.17, 15) is 9.59 Å². The summed E-state index contributed by atoms with van der Waals surface area (Å²) in [6, 6.07) is 6.80. The first-order chi connectivity index (χ1) is 8.20. The van der Waals surface area contributed by atoms with E-state index in [2.05, 4.69) is 5.32 Å². The maximum absolute atomic E-state index is 11.9. The highest BCUT2D eigenvalue weighted by Crippen LogP contribution is 2.22. The molecular weight excluding hydrogens is 218 g/mol. The molecule has 0 radical (unpaired) electrons.